The molecule has 21 heavy (non-hydrogen) atoms. The van der Waals surface area contributed by atoms with E-state index in [1.165, 1.54) is 24.8 Å². The lowest BCUT2D eigenvalue weighted by Gasteiger charge is -2.35. The van der Waals surface area contributed by atoms with Crippen LogP contribution in [-0.2, 0) is 17.8 Å². The van der Waals surface area contributed by atoms with Crippen molar-refractivity contribution in [2.45, 2.75) is 58.5 Å². The van der Waals surface area contributed by atoms with E-state index in [0.717, 1.165) is 38.3 Å². The second-order valence-electron chi connectivity index (χ2n) is 5.75. The normalized spacial score (nSPS) is 19.4. The Kier molecular flexibility index (Phi) is 6.11. The SMILES string of the molecule is CCc1ncc(CN2CCCC[C@@H]2CCNC(C)=O)cn1. The molecular weight excluding hydrogens is 264 g/mol. The fourth-order valence-electron chi connectivity index (χ4n) is 2.89. The minimum atomic E-state index is 0.0564. The first-order valence-electron chi connectivity index (χ1n) is 7.97. The van der Waals surface area contributed by atoms with Crippen LogP contribution in [0.5, 0.6) is 0 Å². The summed E-state index contributed by atoms with van der Waals surface area (Å²) in [4.78, 5) is 22.2. The Labute approximate surface area is 127 Å². The Morgan fingerprint density at radius 2 is 2.14 bits per heavy atom. The zero-order valence-electron chi connectivity index (χ0n) is 13.1. The average molecular weight is 290 g/mol. The number of amides is 1. The van der Waals surface area contributed by atoms with Crippen LogP contribution in [0.3, 0.4) is 0 Å². The van der Waals surface area contributed by atoms with Crippen molar-refractivity contribution in [1.29, 1.82) is 0 Å². The van der Waals surface area contributed by atoms with Gasteiger partial charge >= 0.3 is 0 Å². The molecule has 116 valence electrons. The zero-order chi connectivity index (χ0) is 15.1. The topological polar surface area (TPSA) is 58.1 Å². The Morgan fingerprint density at radius 1 is 1.38 bits per heavy atom. The van der Waals surface area contributed by atoms with Crippen LogP contribution in [0.4, 0.5) is 0 Å². The standard InChI is InChI=1S/C16H26N4O/c1-3-16-18-10-14(11-19-16)12-20-9-5-4-6-15(20)7-8-17-13(2)21/h10-11,15H,3-9,12H2,1-2H3,(H,17,21)/t15-/m1/s1. The number of aromatic nitrogens is 2. The summed E-state index contributed by atoms with van der Waals surface area (Å²) < 4.78 is 0. The van der Waals surface area contributed by atoms with Crippen molar-refractivity contribution >= 4 is 5.91 Å². The molecule has 5 heteroatoms. The second kappa shape index (κ2) is 8.08. The predicted molar refractivity (Wildman–Crippen MR) is 82.8 cm³/mol. The molecule has 0 bridgehead atoms. The molecule has 2 rings (SSSR count). The van der Waals surface area contributed by atoms with Crippen LogP contribution in [0, 0.1) is 0 Å². The molecule has 1 aliphatic heterocycles. The van der Waals surface area contributed by atoms with Crippen LogP contribution >= 0.6 is 0 Å². The summed E-state index contributed by atoms with van der Waals surface area (Å²) in [5.74, 6) is 0.959. The highest BCUT2D eigenvalue weighted by Crippen LogP contribution is 2.21. The molecule has 0 unspecified atom stereocenters. The molecule has 1 aromatic rings. The van der Waals surface area contributed by atoms with Crippen molar-refractivity contribution in [1.82, 2.24) is 20.2 Å². The number of aryl methyl sites for hydroxylation is 1. The molecule has 1 N–H and O–H groups in total. The molecule has 0 saturated carbocycles. The van der Waals surface area contributed by atoms with Gasteiger partial charge in [-0.2, -0.15) is 0 Å². The van der Waals surface area contributed by atoms with Crippen molar-refractivity contribution < 1.29 is 4.79 Å². The van der Waals surface area contributed by atoms with E-state index in [4.69, 9.17) is 0 Å². The van der Waals surface area contributed by atoms with Crippen LogP contribution in [0.15, 0.2) is 12.4 Å². The number of rotatable bonds is 6. The van der Waals surface area contributed by atoms with Crippen LogP contribution in [0.1, 0.15) is 50.9 Å². The number of hydrogen-bond acceptors (Lipinski definition) is 4. The van der Waals surface area contributed by atoms with Gasteiger partial charge in [-0.25, -0.2) is 9.97 Å². The Morgan fingerprint density at radius 3 is 2.81 bits per heavy atom. The highest BCUT2D eigenvalue weighted by atomic mass is 16.1. The number of carbonyl (C=O) groups excluding carboxylic acids is 1. The van der Waals surface area contributed by atoms with Gasteiger partial charge in [0.1, 0.15) is 5.82 Å². The molecule has 0 spiro atoms. The molecule has 1 aromatic heterocycles. The first kappa shape index (κ1) is 15.9. The molecular formula is C16H26N4O. The van der Waals surface area contributed by atoms with Crippen molar-refractivity contribution in [3.05, 3.63) is 23.8 Å². The van der Waals surface area contributed by atoms with E-state index < -0.39 is 0 Å². The van der Waals surface area contributed by atoms with Crippen LogP contribution in [0.2, 0.25) is 0 Å². The van der Waals surface area contributed by atoms with E-state index in [-0.39, 0.29) is 5.91 Å². The van der Waals surface area contributed by atoms with E-state index in [9.17, 15) is 4.79 Å². The number of nitrogens with one attached hydrogen (secondary N) is 1. The number of likely N-dealkylation sites (tertiary alicyclic amines) is 1. The number of piperidine rings is 1. The van der Waals surface area contributed by atoms with Gasteiger partial charge in [0.05, 0.1) is 0 Å². The van der Waals surface area contributed by atoms with Gasteiger partial charge in [0.25, 0.3) is 0 Å². The predicted octanol–water partition coefficient (Wildman–Crippen LogP) is 1.92. The third-order valence-corrected chi connectivity index (χ3v) is 4.06. The van der Waals surface area contributed by atoms with Gasteiger partial charge in [-0.05, 0) is 25.8 Å². The summed E-state index contributed by atoms with van der Waals surface area (Å²) in [6, 6.07) is 0.552. The van der Waals surface area contributed by atoms with Gasteiger partial charge in [-0.15, -0.1) is 0 Å². The molecule has 1 amide bonds. The van der Waals surface area contributed by atoms with E-state index in [1.807, 2.05) is 12.4 Å². The van der Waals surface area contributed by atoms with Gasteiger partial charge in [0, 0.05) is 50.4 Å². The van der Waals surface area contributed by atoms with Crippen LogP contribution < -0.4 is 5.32 Å². The molecule has 0 aromatic carbocycles. The summed E-state index contributed by atoms with van der Waals surface area (Å²) in [6.07, 6.45) is 9.55. The lowest BCUT2D eigenvalue weighted by atomic mass is 9.99. The minimum Gasteiger partial charge on any atom is -0.356 e. The second-order valence-corrected chi connectivity index (χ2v) is 5.75. The molecule has 1 fully saturated rings. The molecule has 0 radical (unpaired) electrons. The van der Waals surface area contributed by atoms with Gasteiger partial charge in [0.15, 0.2) is 0 Å². The fraction of sp³-hybridized carbons (Fsp3) is 0.688. The summed E-state index contributed by atoms with van der Waals surface area (Å²) >= 11 is 0. The minimum absolute atomic E-state index is 0.0564. The highest BCUT2D eigenvalue weighted by Gasteiger charge is 2.22. The summed E-state index contributed by atoms with van der Waals surface area (Å²) in [5, 5.41) is 2.90. The van der Waals surface area contributed by atoms with E-state index in [2.05, 4.69) is 27.1 Å². The van der Waals surface area contributed by atoms with Crippen molar-refractivity contribution in [2.24, 2.45) is 0 Å². The molecule has 1 aliphatic rings. The maximum Gasteiger partial charge on any atom is 0.216 e. The molecule has 1 saturated heterocycles. The summed E-state index contributed by atoms with van der Waals surface area (Å²) in [7, 11) is 0. The quantitative estimate of drug-likeness (QED) is 0.869. The van der Waals surface area contributed by atoms with Crippen molar-refractivity contribution in [3.8, 4) is 0 Å². The molecule has 1 atom stereocenters. The monoisotopic (exact) mass is 290 g/mol. The van der Waals surface area contributed by atoms with Gasteiger partial charge in [-0.3, -0.25) is 9.69 Å². The smallest absolute Gasteiger partial charge is 0.216 e. The average Bonchev–Trinajstić information content (AvgIpc) is 2.49. The lowest BCUT2D eigenvalue weighted by Crippen LogP contribution is -2.41. The van der Waals surface area contributed by atoms with Crippen molar-refractivity contribution in [3.63, 3.8) is 0 Å². The maximum atomic E-state index is 11.0. The van der Waals surface area contributed by atoms with E-state index >= 15 is 0 Å². The first-order chi connectivity index (χ1) is 10.2. The Hall–Kier alpha value is -1.49. The molecule has 2 heterocycles. The van der Waals surface area contributed by atoms with E-state index in [1.54, 1.807) is 6.92 Å². The largest absolute Gasteiger partial charge is 0.356 e. The third-order valence-electron chi connectivity index (χ3n) is 4.06. The van der Waals surface area contributed by atoms with Crippen LogP contribution in [0.25, 0.3) is 0 Å². The molecule has 5 nitrogen and oxygen atoms in total. The Balaban J connectivity index is 1.89. The van der Waals surface area contributed by atoms with Gasteiger partial charge < -0.3 is 5.32 Å². The lowest BCUT2D eigenvalue weighted by molar-refractivity contribution is -0.119. The Bertz CT molecular complexity index is 446. The van der Waals surface area contributed by atoms with Gasteiger partial charge in [0.2, 0.25) is 5.91 Å². The number of nitrogens with zero attached hydrogens (tertiary/aromatic N) is 3. The van der Waals surface area contributed by atoms with E-state index in [0.29, 0.717) is 6.04 Å². The zero-order valence-corrected chi connectivity index (χ0v) is 13.1. The number of carbonyl (C=O) groups is 1. The van der Waals surface area contributed by atoms with Crippen molar-refractivity contribution in [2.75, 3.05) is 13.1 Å². The summed E-state index contributed by atoms with van der Waals surface area (Å²) in [5.41, 5.74) is 1.18. The molecule has 0 aliphatic carbocycles. The fourth-order valence-corrected chi connectivity index (χ4v) is 2.89. The maximum absolute atomic E-state index is 11.0. The highest BCUT2D eigenvalue weighted by molar-refractivity contribution is 5.72. The third kappa shape index (κ3) is 5.08. The first-order valence-corrected chi connectivity index (χ1v) is 7.97. The summed E-state index contributed by atoms with van der Waals surface area (Å²) in [6.45, 7) is 6.44. The van der Waals surface area contributed by atoms with Gasteiger partial charge in [-0.1, -0.05) is 13.3 Å². The van der Waals surface area contributed by atoms with Crippen LogP contribution in [-0.4, -0.2) is 39.9 Å². The number of hydrogen-bond donors (Lipinski definition) is 1.